The van der Waals surface area contributed by atoms with E-state index in [1.165, 1.54) is 0 Å². The van der Waals surface area contributed by atoms with Crippen molar-refractivity contribution < 1.29 is 4.74 Å². The monoisotopic (exact) mass is 220 g/mol. The standard InChI is InChI=1S/C11H16N4O/c1-11(2,3)15-9-8(10(14-15)16-4)7(12)5-6-13-9/h5-6H,1-4H3,(H2,12,13). The average molecular weight is 220 g/mol. The van der Waals surface area contributed by atoms with Gasteiger partial charge in [-0.15, -0.1) is 5.10 Å². The predicted molar refractivity (Wildman–Crippen MR) is 63.5 cm³/mol. The molecule has 0 saturated carbocycles. The average Bonchev–Trinajstić information content (AvgIpc) is 2.57. The van der Waals surface area contributed by atoms with Gasteiger partial charge in [-0.1, -0.05) is 0 Å². The maximum Gasteiger partial charge on any atom is 0.244 e. The molecule has 2 aromatic rings. The second-order valence-electron chi connectivity index (χ2n) is 4.69. The first kappa shape index (κ1) is 10.7. The molecule has 5 heteroatoms. The molecule has 2 aromatic heterocycles. The quantitative estimate of drug-likeness (QED) is 0.795. The second kappa shape index (κ2) is 3.37. The fraction of sp³-hybridized carbons (Fsp3) is 0.455. The van der Waals surface area contributed by atoms with Crippen LogP contribution in [0.2, 0.25) is 0 Å². The minimum absolute atomic E-state index is 0.157. The molecule has 0 unspecified atom stereocenters. The van der Waals surface area contributed by atoms with Gasteiger partial charge in [-0.2, -0.15) is 0 Å². The van der Waals surface area contributed by atoms with E-state index in [-0.39, 0.29) is 5.54 Å². The molecule has 2 N–H and O–H groups in total. The van der Waals surface area contributed by atoms with Crippen LogP contribution in [0.1, 0.15) is 20.8 Å². The predicted octanol–water partition coefficient (Wildman–Crippen LogP) is 1.78. The lowest BCUT2D eigenvalue weighted by atomic mass is 10.1. The van der Waals surface area contributed by atoms with Crippen LogP contribution in [0.3, 0.4) is 0 Å². The fourth-order valence-corrected chi connectivity index (χ4v) is 1.64. The Morgan fingerprint density at radius 3 is 2.62 bits per heavy atom. The lowest BCUT2D eigenvalue weighted by molar-refractivity contribution is 0.336. The summed E-state index contributed by atoms with van der Waals surface area (Å²) in [6, 6.07) is 1.75. The Morgan fingerprint density at radius 1 is 1.38 bits per heavy atom. The second-order valence-corrected chi connectivity index (χ2v) is 4.69. The molecule has 0 spiro atoms. The number of aromatic nitrogens is 3. The topological polar surface area (TPSA) is 66.0 Å². The summed E-state index contributed by atoms with van der Waals surface area (Å²) in [4.78, 5) is 4.32. The van der Waals surface area contributed by atoms with Crippen molar-refractivity contribution >= 4 is 16.7 Å². The van der Waals surface area contributed by atoms with E-state index in [1.807, 2.05) is 4.68 Å². The van der Waals surface area contributed by atoms with Crippen LogP contribution < -0.4 is 10.5 Å². The third kappa shape index (κ3) is 1.48. The summed E-state index contributed by atoms with van der Waals surface area (Å²) in [6.07, 6.45) is 1.68. The first-order valence-corrected chi connectivity index (χ1v) is 5.13. The summed E-state index contributed by atoms with van der Waals surface area (Å²) in [5, 5.41) is 5.17. The van der Waals surface area contributed by atoms with E-state index in [4.69, 9.17) is 10.5 Å². The van der Waals surface area contributed by atoms with Crippen molar-refractivity contribution in [2.75, 3.05) is 12.8 Å². The zero-order chi connectivity index (χ0) is 11.9. The van der Waals surface area contributed by atoms with Crippen LogP contribution >= 0.6 is 0 Å². The number of nitrogens with zero attached hydrogens (tertiary/aromatic N) is 3. The number of nitrogens with two attached hydrogens (primary N) is 1. The molecular weight excluding hydrogens is 204 g/mol. The largest absolute Gasteiger partial charge is 0.479 e. The van der Waals surface area contributed by atoms with Crippen LogP contribution in [0.25, 0.3) is 11.0 Å². The molecule has 16 heavy (non-hydrogen) atoms. The van der Waals surface area contributed by atoms with Crippen LogP contribution in [0.5, 0.6) is 5.88 Å². The van der Waals surface area contributed by atoms with Gasteiger partial charge in [-0.05, 0) is 26.8 Å². The fourth-order valence-electron chi connectivity index (χ4n) is 1.64. The van der Waals surface area contributed by atoms with Crippen LogP contribution in [0.4, 0.5) is 5.69 Å². The Labute approximate surface area is 94.2 Å². The minimum atomic E-state index is -0.157. The van der Waals surface area contributed by atoms with E-state index in [2.05, 4.69) is 30.9 Å². The van der Waals surface area contributed by atoms with Gasteiger partial charge in [0.15, 0.2) is 5.65 Å². The minimum Gasteiger partial charge on any atom is -0.479 e. The molecule has 0 atom stereocenters. The van der Waals surface area contributed by atoms with Gasteiger partial charge in [0.1, 0.15) is 5.39 Å². The summed E-state index contributed by atoms with van der Waals surface area (Å²) >= 11 is 0. The summed E-state index contributed by atoms with van der Waals surface area (Å²) in [7, 11) is 1.58. The molecule has 5 nitrogen and oxygen atoms in total. The lowest BCUT2D eigenvalue weighted by Crippen LogP contribution is -2.23. The molecule has 0 aliphatic rings. The van der Waals surface area contributed by atoms with Gasteiger partial charge in [0.2, 0.25) is 5.88 Å². The Morgan fingerprint density at radius 2 is 2.06 bits per heavy atom. The van der Waals surface area contributed by atoms with Gasteiger partial charge in [0.05, 0.1) is 12.6 Å². The molecule has 0 amide bonds. The smallest absolute Gasteiger partial charge is 0.244 e. The highest BCUT2D eigenvalue weighted by Crippen LogP contribution is 2.31. The highest BCUT2D eigenvalue weighted by atomic mass is 16.5. The van der Waals surface area contributed by atoms with E-state index in [0.29, 0.717) is 11.6 Å². The number of pyridine rings is 1. The Balaban J connectivity index is 2.84. The maximum atomic E-state index is 5.92. The van der Waals surface area contributed by atoms with Crippen molar-refractivity contribution in [3.05, 3.63) is 12.3 Å². The molecule has 2 heterocycles. The van der Waals surface area contributed by atoms with Crippen molar-refractivity contribution in [1.29, 1.82) is 0 Å². The molecule has 0 bridgehead atoms. The van der Waals surface area contributed by atoms with Crippen molar-refractivity contribution in [2.24, 2.45) is 0 Å². The molecule has 0 fully saturated rings. The first-order chi connectivity index (χ1) is 7.45. The summed E-state index contributed by atoms with van der Waals surface area (Å²) in [5.41, 5.74) is 7.15. The number of nitrogen functional groups attached to an aromatic ring is 1. The molecule has 0 aliphatic carbocycles. The van der Waals surface area contributed by atoms with Crippen LogP contribution in [-0.4, -0.2) is 21.9 Å². The number of anilines is 1. The SMILES string of the molecule is COc1nn(C(C)(C)C)c2nccc(N)c12. The number of hydrogen-bond acceptors (Lipinski definition) is 4. The molecule has 2 rings (SSSR count). The number of rotatable bonds is 1. The molecule has 0 aromatic carbocycles. The van der Waals surface area contributed by atoms with Crippen LogP contribution in [0.15, 0.2) is 12.3 Å². The zero-order valence-corrected chi connectivity index (χ0v) is 9.98. The summed E-state index contributed by atoms with van der Waals surface area (Å²) in [5.74, 6) is 0.524. The number of ether oxygens (including phenoxy) is 1. The molecule has 0 aliphatic heterocycles. The zero-order valence-electron chi connectivity index (χ0n) is 9.98. The Bertz CT molecular complexity index is 524. The van der Waals surface area contributed by atoms with Crippen LogP contribution in [-0.2, 0) is 5.54 Å². The highest BCUT2D eigenvalue weighted by molar-refractivity contribution is 5.92. The van der Waals surface area contributed by atoms with E-state index in [1.54, 1.807) is 19.4 Å². The van der Waals surface area contributed by atoms with Crippen molar-refractivity contribution in [2.45, 2.75) is 26.3 Å². The van der Waals surface area contributed by atoms with Crippen LogP contribution in [0, 0.1) is 0 Å². The lowest BCUT2D eigenvalue weighted by Gasteiger charge is -2.19. The third-order valence-corrected chi connectivity index (χ3v) is 2.40. The van der Waals surface area contributed by atoms with Gasteiger partial charge in [0, 0.05) is 11.9 Å². The number of fused-ring (bicyclic) bond motifs is 1. The Kier molecular flexibility index (Phi) is 2.26. The van der Waals surface area contributed by atoms with Crippen molar-refractivity contribution in [1.82, 2.24) is 14.8 Å². The summed E-state index contributed by atoms with van der Waals surface area (Å²) in [6.45, 7) is 6.18. The van der Waals surface area contributed by atoms with E-state index < -0.39 is 0 Å². The maximum absolute atomic E-state index is 5.92. The van der Waals surface area contributed by atoms with Gasteiger partial charge >= 0.3 is 0 Å². The number of hydrogen-bond donors (Lipinski definition) is 1. The molecule has 0 radical (unpaired) electrons. The summed E-state index contributed by atoms with van der Waals surface area (Å²) < 4.78 is 7.06. The Hall–Kier alpha value is -1.78. The van der Waals surface area contributed by atoms with E-state index in [0.717, 1.165) is 11.0 Å². The molecular formula is C11H16N4O. The van der Waals surface area contributed by atoms with Crippen molar-refractivity contribution in [3.63, 3.8) is 0 Å². The third-order valence-electron chi connectivity index (χ3n) is 2.40. The highest BCUT2D eigenvalue weighted by Gasteiger charge is 2.22. The normalized spacial score (nSPS) is 12.0. The van der Waals surface area contributed by atoms with Gasteiger partial charge in [0.25, 0.3) is 0 Å². The van der Waals surface area contributed by atoms with Gasteiger partial charge in [-0.25, -0.2) is 9.67 Å². The van der Waals surface area contributed by atoms with Gasteiger partial charge in [-0.3, -0.25) is 0 Å². The van der Waals surface area contributed by atoms with Gasteiger partial charge < -0.3 is 10.5 Å². The van der Waals surface area contributed by atoms with Crippen molar-refractivity contribution in [3.8, 4) is 5.88 Å². The molecule has 0 saturated heterocycles. The van der Waals surface area contributed by atoms with E-state index >= 15 is 0 Å². The number of methoxy groups -OCH3 is 1. The molecule has 86 valence electrons. The first-order valence-electron chi connectivity index (χ1n) is 5.13. The van der Waals surface area contributed by atoms with E-state index in [9.17, 15) is 0 Å².